The second kappa shape index (κ2) is 7.88. The van der Waals surface area contributed by atoms with Crippen LogP contribution in [0.4, 0.5) is 0 Å². The van der Waals surface area contributed by atoms with E-state index in [1.165, 1.54) is 22.3 Å². The molecule has 0 aromatic heterocycles. The molecule has 0 saturated heterocycles. The van der Waals surface area contributed by atoms with E-state index in [4.69, 9.17) is 4.74 Å². The molecule has 3 heteroatoms. The molecule has 0 spiro atoms. The molecule has 2 rings (SSSR count). The number of ether oxygens (including phenoxy) is 1. The van der Waals surface area contributed by atoms with Crippen molar-refractivity contribution in [1.29, 1.82) is 0 Å². The molecule has 1 aliphatic rings. The van der Waals surface area contributed by atoms with E-state index in [9.17, 15) is 10.2 Å². The monoisotopic (exact) mass is 334 g/mol. The summed E-state index contributed by atoms with van der Waals surface area (Å²) in [5, 5.41) is 20.3. The van der Waals surface area contributed by atoms with E-state index in [-0.39, 0.29) is 11.7 Å². The van der Waals surface area contributed by atoms with Crippen LogP contribution in [0.5, 0.6) is 5.75 Å². The molecule has 2 atom stereocenters. The SMILES string of the molecule is CCCCC(O)CC(O)CCc1c(C)cc(C)c2c1OC(C)(C)C2. The highest BCUT2D eigenvalue weighted by atomic mass is 16.5. The summed E-state index contributed by atoms with van der Waals surface area (Å²) in [4.78, 5) is 0. The van der Waals surface area contributed by atoms with Gasteiger partial charge in [0, 0.05) is 12.0 Å². The van der Waals surface area contributed by atoms with Crippen LogP contribution in [0.1, 0.15) is 75.1 Å². The van der Waals surface area contributed by atoms with Crippen molar-refractivity contribution in [1.82, 2.24) is 0 Å². The number of hydrogen-bond donors (Lipinski definition) is 2. The zero-order valence-corrected chi connectivity index (χ0v) is 16.0. The van der Waals surface area contributed by atoms with Crippen molar-refractivity contribution in [3.63, 3.8) is 0 Å². The van der Waals surface area contributed by atoms with Gasteiger partial charge >= 0.3 is 0 Å². The van der Waals surface area contributed by atoms with Crippen LogP contribution in [0, 0.1) is 13.8 Å². The molecule has 1 aromatic rings. The molecule has 0 radical (unpaired) electrons. The van der Waals surface area contributed by atoms with Gasteiger partial charge in [-0.05, 0) is 70.1 Å². The number of aliphatic hydroxyl groups excluding tert-OH is 2. The Morgan fingerprint density at radius 3 is 2.46 bits per heavy atom. The molecule has 1 aliphatic heterocycles. The van der Waals surface area contributed by atoms with Crippen molar-refractivity contribution < 1.29 is 14.9 Å². The normalized spacial score (nSPS) is 18.1. The summed E-state index contributed by atoms with van der Waals surface area (Å²) in [6.45, 7) is 10.7. The zero-order valence-electron chi connectivity index (χ0n) is 16.0. The second-order valence-corrected chi connectivity index (χ2v) is 8.06. The van der Waals surface area contributed by atoms with Crippen LogP contribution in [0.25, 0.3) is 0 Å². The summed E-state index contributed by atoms with van der Waals surface area (Å²) >= 11 is 0. The number of aryl methyl sites for hydroxylation is 2. The van der Waals surface area contributed by atoms with Crippen LogP contribution in [-0.2, 0) is 12.8 Å². The van der Waals surface area contributed by atoms with E-state index in [1.54, 1.807) is 0 Å². The molecule has 0 amide bonds. The molecule has 136 valence electrons. The van der Waals surface area contributed by atoms with Crippen LogP contribution in [0.2, 0.25) is 0 Å². The van der Waals surface area contributed by atoms with Crippen molar-refractivity contribution in [2.75, 3.05) is 0 Å². The Balaban J connectivity index is 2.02. The maximum absolute atomic E-state index is 10.3. The molecule has 3 nitrogen and oxygen atoms in total. The van der Waals surface area contributed by atoms with Gasteiger partial charge in [0.2, 0.25) is 0 Å². The van der Waals surface area contributed by atoms with Gasteiger partial charge in [0.15, 0.2) is 0 Å². The highest BCUT2D eigenvalue weighted by molar-refractivity contribution is 5.53. The molecule has 1 heterocycles. The third-order valence-corrected chi connectivity index (χ3v) is 5.08. The summed E-state index contributed by atoms with van der Waals surface area (Å²) < 4.78 is 6.22. The Morgan fingerprint density at radius 2 is 1.79 bits per heavy atom. The first-order valence-electron chi connectivity index (χ1n) is 9.40. The average Bonchev–Trinajstić information content (AvgIpc) is 2.80. The molecule has 0 bridgehead atoms. The average molecular weight is 335 g/mol. The third-order valence-electron chi connectivity index (χ3n) is 5.08. The smallest absolute Gasteiger partial charge is 0.127 e. The van der Waals surface area contributed by atoms with Crippen LogP contribution >= 0.6 is 0 Å². The fourth-order valence-corrected chi connectivity index (χ4v) is 3.73. The van der Waals surface area contributed by atoms with Gasteiger partial charge in [-0.15, -0.1) is 0 Å². The Morgan fingerprint density at radius 1 is 1.12 bits per heavy atom. The molecule has 24 heavy (non-hydrogen) atoms. The standard InChI is InChI=1S/C21H34O3/c1-6-7-8-16(22)12-17(23)9-10-18-14(2)11-15(3)19-13-21(4,5)24-20(18)19/h11,16-17,22-23H,6-10,12-13H2,1-5H3. The number of fused-ring (bicyclic) bond motifs is 1. The summed E-state index contributed by atoms with van der Waals surface area (Å²) in [5.41, 5.74) is 4.93. The summed E-state index contributed by atoms with van der Waals surface area (Å²) in [7, 11) is 0. The maximum atomic E-state index is 10.3. The predicted octanol–water partition coefficient (Wildman–Crippen LogP) is 4.25. The van der Waals surface area contributed by atoms with E-state index in [2.05, 4.69) is 40.7 Å². The van der Waals surface area contributed by atoms with E-state index in [0.717, 1.165) is 37.9 Å². The minimum absolute atomic E-state index is 0.148. The Kier molecular flexibility index (Phi) is 6.33. The molecule has 2 unspecified atom stereocenters. The number of hydrogen-bond acceptors (Lipinski definition) is 3. The van der Waals surface area contributed by atoms with E-state index in [0.29, 0.717) is 12.8 Å². The fraction of sp³-hybridized carbons (Fsp3) is 0.714. The first kappa shape index (κ1) is 19.3. The van der Waals surface area contributed by atoms with Crippen LogP contribution in [0.15, 0.2) is 6.07 Å². The van der Waals surface area contributed by atoms with Gasteiger partial charge in [0.25, 0.3) is 0 Å². The van der Waals surface area contributed by atoms with Crippen molar-refractivity contribution in [2.24, 2.45) is 0 Å². The number of unbranched alkanes of at least 4 members (excludes halogenated alkanes) is 1. The van der Waals surface area contributed by atoms with E-state index >= 15 is 0 Å². The molecular weight excluding hydrogens is 300 g/mol. The van der Waals surface area contributed by atoms with Gasteiger partial charge in [-0.1, -0.05) is 25.8 Å². The number of aliphatic hydroxyl groups is 2. The van der Waals surface area contributed by atoms with Gasteiger partial charge in [-0.3, -0.25) is 0 Å². The van der Waals surface area contributed by atoms with Gasteiger partial charge in [0.1, 0.15) is 11.4 Å². The highest BCUT2D eigenvalue weighted by Crippen LogP contribution is 2.41. The van der Waals surface area contributed by atoms with Gasteiger partial charge < -0.3 is 14.9 Å². The molecule has 0 aliphatic carbocycles. The minimum Gasteiger partial charge on any atom is -0.487 e. The minimum atomic E-state index is -0.456. The van der Waals surface area contributed by atoms with Crippen molar-refractivity contribution >= 4 is 0 Å². The lowest BCUT2D eigenvalue weighted by molar-refractivity contribution is 0.0698. The van der Waals surface area contributed by atoms with Gasteiger partial charge in [-0.25, -0.2) is 0 Å². The largest absolute Gasteiger partial charge is 0.487 e. The molecule has 0 saturated carbocycles. The van der Waals surface area contributed by atoms with Gasteiger partial charge in [0.05, 0.1) is 12.2 Å². The number of benzene rings is 1. The lowest BCUT2D eigenvalue weighted by Gasteiger charge is -2.20. The lowest BCUT2D eigenvalue weighted by atomic mass is 9.91. The van der Waals surface area contributed by atoms with Crippen molar-refractivity contribution in [2.45, 2.75) is 97.4 Å². The second-order valence-electron chi connectivity index (χ2n) is 8.06. The lowest BCUT2D eigenvalue weighted by Crippen LogP contribution is -2.25. The summed E-state index contributed by atoms with van der Waals surface area (Å²) in [6, 6.07) is 2.24. The Bertz CT molecular complexity index is 563. The van der Waals surface area contributed by atoms with Gasteiger partial charge in [-0.2, -0.15) is 0 Å². The molecule has 1 aromatic carbocycles. The molecule has 2 N–H and O–H groups in total. The zero-order chi connectivity index (χ0) is 17.9. The first-order chi connectivity index (χ1) is 11.2. The summed E-state index contributed by atoms with van der Waals surface area (Å²) in [5.74, 6) is 1.04. The quantitative estimate of drug-likeness (QED) is 0.747. The maximum Gasteiger partial charge on any atom is 0.127 e. The first-order valence-corrected chi connectivity index (χ1v) is 9.40. The fourth-order valence-electron chi connectivity index (χ4n) is 3.73. The van der Waals surface area contributed by atoms with Crippen LogP contribution < -0.4 is 4.74 Å². The third kappa shape index (κ3) is 4.73. The topological polar surface area (TPSA) is 49.7 Å². The Hall–Kier alpha value is -1.06. The van der Waals surface area contributed by atoms with E-state index < -0.39 is 6.10 Å². The molecular formula is C21H34O3. The van der Waals surface area contributed by atoms with E-state index in [1.807, 2.05) is 0 Å². The highest BCUT2D eigenvalue weighted by Gasteiger charge is 2.33. The van der Waals surface area contributed by atoms with Crippen molar-refractivity contribution in [3.8, 4) is 5.75 Å². The van der Waals surface area contributed by atoms with Crippen molar-refractivity contribution in [3.05, 3.63) is 28.3 Å². The Labute approximate surface area is 147 Å². The van der Waals surface area contributed by atoms with Crippen LogP contribution in [0.3, 0.4) is 0 Å². The predicted molar refractivity (Wildman–Crippen MR) is 98.8 cm³/mol. The van der Waals surface area contributed by atoms with Crippen LogP contribution in [-0.4, -0.2) is 28.0 Å². The summed E-state index contributed by atoms with van der Waals surface area (Å²) in [6.07, 6.45) is 4.91. The molecule has 0 fully saturated rings. The number of rotatable bonds is 8.